The van der Waals surface area contributed by atoms with Crippen LogP contribution in [0, 0.1) is 0 Å². The van der Waals surface area contributed by atoms with Crippen LogP contribution in [-0.2, 0) is 14.2 Å². The van der Waals surface area contributed by atoms with Crippen LogP contribution in [0.5, 0.6) is 0 Å². The highest BCUT2D eigenvalue weighted by Crippen LogP contribution is 2.03. The molecule has 0 aromatic rings. The van der Waals surface area contributed by atoms with Crippen molar-refractivity contribution in [3.63, 3.8) is 0 Å². The smallest absolute Gasteiger partial charge is 0.359 e. The fraction of sp³-hybridized carbons (Fsp3) is 0.500. The SMILES string of the molecule is COC1OC=CO1. The molecule has 3 heteroatoms. The van der Waals surface area contributed by atoms with Crippen LogP contribution in [-0.4, -0.2) is 13.6 Å². The van der Waals surface area contributed by atoms with Crippen molar-refractivity contribution in [1.82, 2.24) is 0 Å². The van der Waals surface area contributed by atoms with Crippen molar-refractivity contribution in [1.29, 1.82) is 0 Å². The van der Waals surface area contributed by atoms with E-state index in [-0.39, 0.29) is 0 Å². The first-order valence-corrected chi connectivity index (χ1v) is 1.92. The molecule has 0 aliphatic carbocycles. The standard InChI is InChI=1S/C4H6O3/c1-5-4-6-2-3-7-4/h2-4H,1H3. The minimum Gasteiger partial charge on any atom is -0.437 e. The zero-order valence-corrected chi connectivity index (χ0v) is 3.96. The fourth-order valence-corrected chi connectivity index (χ4v) is 0.336. The van der Waals surface area contributed by atoms with Crippen molar-refractivity contribution in [3.05, 3.63) is 12.5 Å². The summed E-state index contributed by atoms with van der Waals surface area (Å²) in [4.78, 5) is 0. The van der Waals surface area contributed by atoms with E-state index in [1.807, 2.05) is 0 Å². The lowest BCUT2D eigenvalue weighted by Crippen LogP contribution is -2.08. The van der Waals surface area contributed by atoms with Crippen LogP contribution in [0.4, 0.5) is 0 Å². The van der Waals surface area contributed by atoms with E-state index in [4.69, 9.17) is 0 Å². The Labute approximate surface area is 41.5 Å². The third-order valence-corrected chi connectivity index (χ3v) is 0.627. The Kier molecular flexibility index (Phi) is 1.17. The molecule has 0 aromatic carbocycles. The number of hydrogen-bond acceptors (Lipinski definition) is 3. The average Bonchev–Trinajstić information content (AvgIpc) is 2.14. The molecule has 0 saturated heterocycles. The summed E-state index contributed by atoms with van der Waals surface area (Å²) in [6.45, 7) is -0.514. The Morgan fingerprint density at radius 2 is 2.00 bits per heavy atom. The first-order chi connectivity index (χ1) is 3.43. The summed E-state index contributed by atoms with van der Waals surface area (Å²) < 4.78 is 14.0. The number of rotatable bonds is 1. The van der Waals surface area contributed by atoms with Gasteiger partial charge >= 0.3 is 6.48 Å². The van der Waals surface area contributed by atoms with Gasteiger partial charge < -0.3 is 14.2 Å². The van der Waals surface area contributed by atoms with Crippen LogP contribution in [0.25, 0.3) is 0 Å². The lowest BCUT2D eigenvalue weighted by Gasteiger charge is -2.04. The van der Waals surface area contributed by atoms with E-state index in [1.165, 1.54) is 19.6 Å². The molecule has 1 heterocycles. The third kappa shape index (κ3) is 0.838. The molecule has 0 fully saturated rings. The molecule has 0 radical (unpaired) electrons. The first-order valence-electron chi connectivity index (χ1n) is 1.92. The predicted octanol–water partition coefficient (Wildman–Crippen LogP) is 0.434. The summed E-state index contributed by atoms with van der Waals surface area (Å²) in [5.41, 5.74) is 0. The highest BCUT2D eigenvalue weighted by molar-refractivity contribution is 4.65. The van der Waals surface area contributed by atoms with E-state index < -0.39 is 6.48 Å². The van der Waals surface area contributed by atoms with Crippen molar-refractivity contribution in [2.75, 3.05) is 7.11 Å². The van der Waals surface area contributed by atoms with Gasteiger partial charge in [-0.1, -0.05) is 0 Å². The largest absolute Gasteiger partial charge is 0.437 e. The first kappa shape index (κ1) is 4.46. The second-order valence-corrected chi connectivity index (χ2v) is 1.07. The predicted molar refractivity (Wildman–Crippen MR) is 22.1 cm³/mol. The van der Waals surface area contributed by atoms with Crippen molar-refractivity contribution < 1.29 is 14.2 Å². The molecular weight excluding hydrogens is 96.0 g/mol. The molecule has 0 N–H and O–H groups in total. The quantitative estimate of drug-likeness (QED) is 0.480. The number of methoxy groups -OCH3 is 1. The van der Waals surface area contributed by atoms with Crippen molar-refractivity contribution in [3.8, 4) is 0 Å². The molecule has 1 aliphatic rings. The zero-order valence-electron chi connectivity index (χ0n) is 3.96. The summed E-state index contributed by atoms with van der Waals surface area (Å²) in [5, 5.41) is 0. The van der Waals surface area contributed by atoms with Gasteiger partial charge in [0.15, 0.2) is 0 Å². The van der Waals surface area contributed by atoms with Gasteiger partial charge in [-0.3, -0.25) is 0 Å². The van der Waals surface area contributed by atoms with Crippen LogP contribution in [0.3, 0.4) is 0 Å². The Bertz CT molecular complexity index is 71.0. The third-order valence-electron chi connectivity index (χ3n) is 0.627. The van der Waals surface area contributed by atoms with Gasteiger partial charge in [0.1, 0.15) is 12.5 Å². The average molecular weight is 102 g/mol. The minimum absolute atomic E-state index is 0.514. The maximum Gasteiger partial charge on any atom is 0.359 e. The molecular formula is C4H6O3. The van der Waals surface area contributed by atoms with Crippen molar-refractivity contribution in [2.45, 2.75) is 6.48 Å². The summed E-state index contributed by atoms with van der Waals surface area (Å²) in [6, 6.07) is 0. The topological polar surface area (TPSA) is 27.7 Å². The van der Waals surface area contributed by atoms with Gasteiger partial charge in [-0.15, -0.1) is 0 Å². The molecule has 0 atom stereocenters. The van der Waals surface area contributed by atoms with Gasteiger partial charge in [-0.2, -0.15) is 0 Å². The van der Waals surface area contributed by atoms with E-state index in [2.05, 4.69) is 14.2 Å². The van der Waals surface area contributed by atoms with Crippen LogP contribution >= 0.6 is 0 Å². The summed E-state index contributed by atoms with van der Waals surface area (Å²) >= 11 is 0. The highest BCUT2D eigenvalue weighted by Gasteiger charge is 2.07. The fourth-order valence-electron chi connectivity index (χ4n) is 0.336. The van der Waals surface area contributed by atoms with E-state index in [1.54, 1.807) is 0 Å². The van der Waals surface area contributed by atoms with E-state index >= 15 is 0 Å². The molecule has 0 amide bonds. The monoisotopic (exact) mass is 102 g/mol. The Hall–Kier alpha value is -0.700. The van der Waals surface area contributed by atoms with Crippen LogP contribution in [0.15, 0.2) is 12.5 Å². The van der Waals surface area contributed by atoms with E-state index in [9.17, 15) is 0 Å². The van der Waals surface area contributed by atoms with E-state index in [0.29, 0.717) is 0 Å². The van der Waals surface area contributed by atoms with Gasteiger partial charge in [-0.25, -0.2) is 0 Å². The second-order valence-electron chi connectivity index (χ2n) is 1.07. The molecule has 1 aliphatic heterocycles. The number of ether oxygens (including phenoxy) is 3. The lowest BCUT2D eigenvalue weighted by molar-refractivity contribution is -0.202. The lowest BCUT2D eigenvalue weighted by atomic mass is 11.1. The van der Waals surface area contributed by atoms with Crippen LogP contribution in [0.2, 0.25) is 0 Å². The molecule has 0 unspecified atom stereocenters. The Balaban J connectivity index is 2.22. The second kappa shape index (κ2) is 1.84. The number of hydrogen-bond donors (Lipinski definition) is 0. The van der Waals surface area contributed by atoms with Crippen molar-refractivity contribution >= 4 is 0 Å². The molecule has 0 bridgehead atoms. The molecule has 0 spiro atoms. The molecule has 0 saturated carbocycles. The Morgan fingerprint density at radius 3 is 2.29 bits per heavy atom. The van der Waals surface area contributed by atoms with Gasteiger partial charge in [0.2, 0.25) is 0 Å². The molecule has 1 rings (SSSR count). The molecule has 7 heavy (non-hydrogen) atoms. The minimum atomic E-state index is -0.514. The Morgan fingerprint density at radius 1 is 1.43 bits per heavy atom. The van der Waals surface area contributed by atoms with Crippen LogP contribution < -0.4 is 0 Å². The van der Waals surface area contributed by atoms with Crippen LogP contribution in [0.1, 0.15) is 0 Å². The summed E-state index contributed by atoms with van der Waals surface area (Å²) in [7, 11) is 1.51. The summed E-state index contributed by atoms with van der Waals surface area (Å²) in [5.74, 6) is 0. The van der Waals surface area contributed by atoms with Crippen molar-refractivity contribution in [2.24, 2.45) is 0 Å². The van der Waals surface area contributed by atoms with Gasteiger partial charge in [0, 0.05) is 7.11 Å². The zero-order chi connectivity index (χ0) is 5.11. The summed E-state index contributed by atoms with van der Waals surface area (Å²) in [6.07, 6.45) is 2.88. The van der Waals surface area contributed by atoms with Gasteiger partial charge in [0.25, 0.3) is 0 Å². The van der Waals surface area contributed by atoms with E-state index in [0.717, 1.165) is 0 Å². The molecule has 0 aromatic heterocycles. The molecule has 3 nitrogen and oxygen atoms in total. The maximum atomic E-state index is 4.68. The highest BCUT2D eigenvalue weighted by atomic mass is 16.9. The maximum absolute atomic E-state index is 4.68. The van der Waals surface area contributed by atoms with Gasteiger partial charge in [0.05, 0.1) is 0 Å². The molecule has 40 valence electrons. The normalized spacial score (nSPS) is 19.0. The van der Waals surface area contributed by atoms with Gasteiger partial charge in [-0.05, 0) is 0 Å².